The number of benzene rings is 2. The van der Waals surface area contributed by atoms with Crippen molar-refractivity contribution in [3.05, 3.63) is 76.9 Å². The molecule has 0 aliphatic heterocycles. The van der Waals surface area contributed by atoms with Crippen LogP contribution in [0.5, 0.6) is 0 Å². The highest BCUT2D eigenvalue weighted by molar-refractivity contribution is 7.99. The van der Waals surface area contributed by atoms with Gasteiger partial charge >= 0.3 is 0 Å². The number of nitro groups is 1. The van der Waals surface area contributed by atoms with E-state index in [-0.39, 0.29) is 17.3 Å². The first-order valence-electron chi connectivity index (χ1n) is 7.49. The van der Waals surface area contributed by atoms with E-state index < -0.39 is 10.7 Å². The highest BCUT2D eigenvalue weighted by atomic mass is 32.2. The normalized spacial score (nSPS) is 10.5. The van der Waals surface area contributed by atoms with Gasteiger partial charge in [-0.2, -0.15) is 0 Å². The topological polar surface area (TPSA) is 90.1 Å². The Morgan fingerprint density at radius 1 is 1.27 bits per heavy atom. The number of nitro benzene ring substituents is 1. The highest BCUT2D eigenvalue weighted by Crippen LogP contribution is 2.22. The molecule has 0 saturated carbocycles. The van der Waals surface area contributed by atoms with Crippen LogP contribution in [0.3, 0.4) is 0 Å². The third-order valence-electron chi connectivity index (χ3n) is 3.39. The molecule has 7 nitrogen and oxygen atoms in total. The molecule has 0 aliphatic rings. The molecule has 3 aromatic rings. The van der Waals surface area contributed by atoms with E-state index in [0.717, 1.165) is 0 Å². The highest BCUT2D eigenvalue weighted by Gasteiger charge is 2.11. The number of rotatable bonds is 6. The number of hydrogen-bond donors (Lipinski definition) is 1. The minimum absolute atomic E-state index is 0.00228. The van der Waals surface area contributed by atoms with Crippen molar-refractivity contribution in [3.63, 3.8) is 0 Å². The second kappa shape index (κ2) is 7.79. The van der Waals surface area contributed by atoms with Crippen LogP contribution in [-0.2, 0) is 4.79 Å². The number of halogens is 1. The van der Waals surface area contributed by atoms with E-state index in [2.05, 4.69) is 10.3 Å². The van der Waals surface area contributed by atoms with E-state index in [9.17, 15) is 19.3 Å². The van der Waals surface area contributed by atoms with Crippen molar-refractivity contribution in [2.24, 2.45) is 0 Å². The standard InChI is InChI=1S/C17H13FN4O3S/c18-12-2-1-3-13(10-12)20-16(23)11-26-17-19-8-9-21(17)14-4-6-15(7-5-14)22(24)25/h1-10H,11H2,(H,20,23). The molecule has 26 heavy (non-hydrogen) atoms. The predicted molar refractivity (Wildman–Crippen MR) is 96.0 cm³/mol. The molecule has 0 fully saturated rings. The maximum atomic E-state index is 13.1. The molecule has 0 aliphatic carbocycles. The fourth-order valence-corrected chi connectivity index (χ4v) is 2.99. The molecule has 9 heteroatoms. The molecule has 0 unspecified atom stereocenters. The molecule has 0 radical (unpaired) electrons. The molecule has 1 aromatic heterocycles. The van der Waals surface area contributed by atoms with Gasteiger partial charge in [-0.25, -0.2) is 9.37 Å². The van der Waals surface area contributed by atoms with Gasteiger partial charge in [0.2, 0.25) is 5.91 Å². The Kier molecular flexibility index (Phi) is 5.28. The summed E-state index contributed by atoms with van der Waals surface area (Å²) in [5.74, 6) is -0.636. The third kappa shape index (κ3) is 4.25. The van der Waals surface area contributed by atoms with Crippen LogP contribution >= 0.6 is 11.8 Å². The lowest BCUT2D eigenvalue weighted by Crippen LogP contribution is -2.14. The van der Waals surface area contributed by atoms with Crippen molar-refractivity contribution in [2.75, 3.05) is 11.1 Å². The zero-order valence-electron chi connectivity index (χ0n) is 13.3. The van der Waals surface area contributed by atoms with E-state index in [1.54, 1.807) is 35.2 Å². The number of nitrogens with zero attached hydrogens (tertiary/aromatic N) is 3. The lowest BCUT2D eigenvalue weighted by molar-refractivity contribution is -0.384. The van der Waals surface area contributed by atoms with Gasteiger partial charge in [0.25, 0.3) is 5.69 Å². The number of thioether (sulfide) groups is 1. The van der Waals surface area contributed by atoms with Crippen LogP contribution < -0.4 is 5.32 Å². The van der Waals surface area contributed by atoms with Gasteiger partial charge in [0.1, 0.15) is 5.82 Å². The number of hydrogen-bond acceptors (Lipinski definition) is 5. The molecule has 0 bridgehead atoms. The fraction of sp³-hybridized carbons (Fsp3) is 0.0588. The van der Waals surface area contributed by atoms with Gasteiger partial charge in [-0.1, -0.05) is 17.8 Å². The van der Waals surface area contributed by atoms with Gasteiger partial charge in [-0.05, 0) is 30.3 Å². The number of nitrogens with one attached hydrogen (secondary N) is 1. The molecular weight excluding hydrogens is 359 g/mol. The maximum absolute atomic E-state index is 13.1. The van der Waals surface area contributed by atoms with E-state index in [1.807, 2.05) is 0 Å². The van der Waals surface area contributed by atoms with Crippen molar-refractivity contribution in [1.29, 1.82) is 0 Å². The number of aromatic nitrogens is 2. The molecule has 2 aromatic carbocycles. The Labute approximate surface area is 152 Å². The van der Waals surface area contributed by atoms with Crippen molar-refractivity contribution in [3.8, 4) is 5.69 Å². The molecule has 132 valence electrons. The van der Waals surface area contributed by atoms with Gasteiger partial charge in [-0.3, -0.25) is 19.5 Å². The average Bonchev–Trinajstić information content (AvgIpc) is 3.08. The molecule has 0 spiro atoms. The Morgan fingerprint density at radius 3 is 2.73 bits per heavy atom. The summed E-state index contributed by atoms with van der Waals surface area (Å²) in [6.07, 6.45) is 3.28. The monoisotopic (exact) mass is 372 g/mol. The molecule has 1 N–H and O–H groups in total. The number of anilines is 1. The van der Waals surface area contributed by atoms with Crippen LogP contribution in [0.4, 0.5) is 15.8 Å². The predicted octanol–water partition coefficient (Wildman–Crippen LogP) is 3.65. The van der Waals surface area contributed by atoms with Crippen molar-refractivity contribution >= 4 is 29.0 Å². The molecular formula is C17H13FN4O3S. The first-order valence-corrected chi connectivity index (χ1v) is 8.48. The molecule has 0 saturated heterocycles. The molecule has 1 amide bonds. The first kappa shape index (κ1) is 17.6. The number of imidazole rings is 1. The number of amides is 1. The molecule has 3 rings (SSSR count). The average molecular weight is 372 g/mol. The van der Waals surface area contributed by atoms with Crippen LogP contribution in [0, 0.1) is 15.9 Å². The van der Waals surface area contributed by atoms with Gasteiger partial charge in [0.05, 0.1) is 10.7 Å². The summed E-state index contributed by atoms with van der Waals surface area (Å²) in [5, 5.41) is 13.9. The molecule has 0 atom stereocenters. The van der Waals surface area contributed by atoms with Gasteiger partial charge in [0, 0.05) is 35.9 Å². The summed E-state index contributed by atoms with van der Waals surface area (Å²) >= 11 is 1.20. The Bertz CT molecular complexity index is 943. The SMILES string of the molecule is O=C(CSc1nccn1-c1ccc([N+](=O)[O-])cc1)Nc1cccc(F)c1. The summed E-state index contributed by atoms with van der Waals surface area (Å²) in [6.45, 7) is 0. The minimum Gasteiger partial charge on any atom is -0.325 e. The van der Waals surface area contributed by atoms with E-state index in [0.29, 0.717) is 16.5 Å². The second-order valence-electron chi connectivity index (χ2n) is 5.20. The minimum atomic E-state index is -0.468. The van der Waals surface area contributed by atoms with Crippen LogP contribution in [0.1, 0.15) is 0 Å². The van der Waals surface area contributed by atoms with Gasteiger partial charge in [0.15, 0.2) is 5.16 Å². The number of carbonyl (C=O) groups excluding carboxylic acids is 1. The van der Waals surface area contributed by atoms with Crippen LogP contribution in [0.2, 0.25) is 0 Å². The maximum Gasteiger partial charge on any atom is 0.269 e. The Morgan fingerprint density at radius 2 is 2.04 bits per heavy atom. The lowest BCUT2D eigenvalue weighted by Gasteiger charge is -2.08. The number of carbonyl (C=O) groups is 1. The van der Waals surface area contributed by atoms with Crippen molar-refractivity contribution < 1.29 is 14.1 Å². The molecule has 1 heterocycles. The smallest absolute Gasteiger partial charge is 0.269 e. The Hall–Kier alpha value is -3.20. The van der Waals surface area contributed by atoms with Crippen molar-refractivity contribution in [1.82, 2.24) is 9.55 Å². The zero-order chi connectivity index (χ0) is 18.5. The van der Waals surface area contributed by atoms with Crippen LogP contribution in [0.25, 0.3) is 5.69 Å². The van der Waals surface area contributed by atoms with E-state index in [1.165, 1.54) is 42.1 Å². The summed E-state index contributed by atoms with van der Waals surface area (Å²) in [6, 6.07) is 11.7. The van der Waals surface area contributed by atoms with E-state index in [4.69, 9.17) is 0 Å². The second-order valence-corrected chi connectivity index (χ2v) is 6.14. The van der Waals surface area contributed by atoms with Crippen molar-refractivity contribution in [2.45, 2.75) is 5.16 Å². The quantitative estimate of drug-likeness (QED) is 0.405. The summed E-state index contributed by atoms with van der Waals surface area (Å²) in [7, 11) is 0. The first-order chi connectivity index (χ1) is 12.5. The Balaban J connectivity index is 1.65. The fourth-order valence-electron chi connectivity index (χ4n) is 2.22. The lowest BCUT2D eigenvalue weighted by atomic mass is 10.3. The van der Waals surface area contributed by atoms with Gasteiger partial charge < -0.3 is 5.32 Å². The van der Waals surface area contributed by atoms with Crippen LogP contribution in [0.15, 0.2) is 66.1 Å². The van der Waals surface area contributed by atoms with Gasteiger partial charge in [-0.15, -0.1) is 0 Å². The summed E-state index contributed by atoms with van der Waals surface area (Å²) < 4.78 is 14.9. The summed E-state index contributed by atoms with van der Waals surface area (Å²) in [5.41, 5.74) is 1.08. The summed E-state index contributed by atoms with van der Waals surface area (Å²) in [4.78, 5) is 26.5. The van der Waals surface area contributed by atoms with Crippen LogP contribution in [-0.4, -0.2) is 26.1 Å². The van der Waals surface area contributed by atoms with E-state index >= 15 is 0 Å². The zero-order valence-corrected chi connectivity index (χ0v) is 14.1. The third-order valence-corrected chi connectivity index (χ3v) is 4.35. The number of non-ortho nitro benzene ring substituents is 1. The largest absolute Gasteiger partial charge is 0.325 e.